The summed E-state index contributed by atoms with van der Waals surface area (Å²) in [4.78, 5) is 22.7. The fraction of sp³-hybridized carbons (Fsp3) is 0.0870. The van der Waals surface area contributed by atoms with E-state index < -0.39 is 4.92 Å². The van der Waals surface area contributed by atoms with Gasteiger partial charge in [-0.25, -0.2) is 0 Å². The molecule has 0 saturated heterocycles. The average molecular weight is 446 g/mol. The monoisotopic (exact) mass is 445 g/mol. The summed E-state index contributed by atoms with van der Waals surface area (Å²) in [5, 5.41) is 22.8. The molecule has 3 aromatic carbocycles. The van der Waals surface area contributed by atoms with E-state index in [1.165, 1.54) is 36.0 Å². The molecule has 32 heavy (non-hydrogen) atoms. The van der Waals surface area contributed by atoms with E-state index in [-0.39, 0.29) is 17.3 Å². The zero-order chi connectivity index (χ0) is 22.5. The lowest BCUT2D eigenvalue weighted by Gasteiger charge is -2.11. The maximum absolute atomic E-state index is 12.5. The highest BCUT2D eigenvalue weighted by atomic mass is 32.2. The van der Waals surface area contributed by atoms with Crippen molar-refractivity contribution in [3.8, 4) is 17.1 Å². The predicted octanol–water partition coefficient (Wildman–Crippen LogP) is 4.88. The Kier molecular flexibility index (Phi) is 6.27. The van der Waals surface area contributed by atoms with Gasteiger partial charge in [-0.1, -0.05) is 59.8 Å². The Morgan fingerprint density at radius 3 is 2.34 bits per heavy atom. The molecule has 0 aliphatic rings. The van der Waals surface area contributed by atoms with Gasteiger partial charge in [0.1, 0.15) is 0 Å². The first kappa shape index (κ1) is 21.3. The number of nitrogens with zero attached hydrogens (tertiary/aromatic N) is 4. The predicted molar refractivity (Wildman–Crippen MR) is 124 cm³/mol. The second kappa shape index (κ2) is 9.44. The Bertz CT molecular complexity index is 1240. The van der Waals surface area contributed by atoms with Gasteiger partial charge in [0.05, 0.1) is 10.7 Å². The number of nitro groups is 1. The average Bonchev–Trinajstić information content (AvgIpc) is 3.23. The van der Waals surface area contributed by atoms with E-state index in [9.17, 15) is 14.9 Å². The Balaban J connectivity index is 1.54. The minimum atomic E-state index is -0.482. The number of aryl methyl sites for hydroxylation is 1. The van der Waals surface area contributed by atoms with Crippen LogP contribution in [-0.4, -0.2) is 31.3 Å². The summed E-state index contributed by atoms with van der Waals surface area (Å²) < 4.78 is 1.93. The smallest absolute Gasteiger partial charge is 0.269 e. The van der Waals surface area contributed by atoms with Crippen LogP contribution in [0.15, 0.2) is 84.0 Å². The van der Waals surface area contributed by atoms with Gasteiger partial charge in [-0.3, -0.25) is 19.5 Å². The molecular weight excluding hydrogens is 426 g/mol. The second-order valence-corrected chi connectivity index (χ2v) is 7.93. The number of hydrogen-bond donors (Lipinski definition) is 1. The van der Waals surface area contributed by atoms with Crippen molar-refractivity contribution in [3.05, 3.63) is 94.5 Å². The lowest BCUT2D eigenvalue weighted by molar-refractivity contribution is -0.384. The number of benzene rings is 3. The van der Waals surface area contributed by atoms with Crippen LogP contribution in [-0.2, 0) is 4.79 Å². The summed E-state index contributed by atoms with van der Waals surface area (Å²) in [6.07, 6.45) is 0. The molecule has 0 saturated carbocycles. The molecule has 8 nitrogen and oxygen atoms in total. The summed E-state index contributed by atoms with van der Waals surface area (Å²) in [6, 6.07) is 23.5. The normalized spacial score (nSPS) is 10.7. The van der Waals surface area contributed by atoms with Crippen LogP contribution in [0, 0.1) is 17.0 Å². The van der Waals surface area contributed by atoms with E-state index in [1.54, 1.807) is 0 Å². The zero-order valence-corrected chi connectivity index (χ0v) is 18.0. The van der Waals surface area contributed by atoms with Gasteiger partial charge < -0.3 is 5.32 Å². The third kappa shape index (κ3) is 4.84. The number of rotatable bonds is 7. The van der Waals surface area contributed by atoms with E-state index in [2.05, 4.69) is 15.5 Å². The highest BCUT2D eigenvalue weighted by molar-refractivity contribution is 7.99. The van der Waals surface area contributed by atoms with Crippen molar-refractivity contribution in [2.45, 2.75) is 12.1 Å². The molecule has 1 aromatic heterocycles. The number of nitrogens with one attached hydrogen (secondary N) is 1. The van der Waals surface area contributed by atoms with Crippen LogP contribution in [0.5, 0.6) is 0 Å². The quantitative estimate of drug-likeness (QED) is 0.247. The van der Waals surface area contributed by atoms with Crippen LogP contribution in [0.3, 0.4) is 0 Å². The maximum Gasteiger partial charge on any atom is 0.269 e. The van der Waals surface area contributed by atoms with Gasteiger partial charge >= 0.3 is 0 Å². The molecule has 4 rings (SSSR count). The second-order valence-electron chi connectivity index (χ2n) is 6.98. The van der Waals surface area contributed by atoms with Gasteiger partial charge in [-0.2, -0.15) is 0 Å². The number of thioether (sulfide) groups is 1. The number of carbonyl (C=O) groups excluding carboxylic acids is 1. The van der Waals surface area contributed by atoms with E-state index in [0.29, 0.717) is 16.7 Å². The molecule has 9 heteroatoms. The molecule has 0 fully saturated rings. The maximum atomic E-state index is 12.5. The van der Waals surface area contributed by atoms with E-state index >= 15 is 0 Å². The van der Waals surface area contributed by atoms with Crippen molar-refractivity contribution >= 4 is 29.0 Å². The van der Waals surface area contributed by atoms with Gasteiger partial charge in [0, 0.05) is 29.1 Å². The topological polar surface area (TPSA) is 103 Å². The minimum Gasteiger partial charge on any atom is -0.325 e. The van der Waals surface area contributed by atoms with Crippen molar-refractivity contribution in [2.75, 3.05) is 11.1 Å². The van der Waals surface area contributed by atoms with Crippen molar-refractivity contribution in [1.29, 1.82) is 0 Å². The van der Waals surface area contributed by atoms with Crippen molar-refractivity contribution in [1.82, 2.24) is 14.8 Å². The Morgan fingerprint density at radius 1 is 1.00 bits per heavy atom. The SMILES string of the molecule is Cc1ccc(-n2c(SCC(=O)Nc3ccc([N+](=O)[O-])cc3)nnc2-c2ccccc2)cc1. The van der Waals surface area contributed by atoms with E-state index in [1.807, 2.05) is 66.1 Å². The largest absolute Gasteiger partial charge is 0.325 e. The molecular formula is C23H19N5O3S. The highest BCUT2D eigenvalue weighted by Crippen LogP contribution is 2.28. The molecule has 0 radical (unpaired) electrons. The molecule has 0 unspecified atom stereocenters. The summed E-state index contributed by atoms with van der Waals surface area (Å²) in [5.74, 6) is 0.548. The third-order valence-electron chi connectivity index (χ3n) is 4.65. The number of amides is 1. The van der Waals surface area contributed by atoms with E-state index in [4.69, 9.17) is 0 Å². The Morgan fingerprint density at radius 2 is 1.69 bits per heavy atom. The molecule has 0 aliphatic heterocycles. The van der Waals surface area contributed by atoms with Crippen molar-refractivity contribution < 1.29 is 9.72 Å². The van der Waals surface area contributed by atoms with Gasteiger partial charge in [0.15, 0.2) is 11.0 Å². The number of carbonyl (C=O) groups is 1. The molecule has 1 amide bonds. The number of hydrogen-bond acceptors (Lipinski definition) is 6. The molecule has 0 spiro atoms. The standard InChI is InChI=1S/C23H19N5O3S/c1-16-7-11-19(12-8-16)27-22(17-5-3-2-4-6-17)25-26-23(27)32-15-21(29)24-18-9-13-20(14-10-18)28(30)31/h2-14H,15H2,1H3,(H,24,29). The van der Waals surface area contributed by atoms with Crippen molar-refractivity contribution in [3.63, 3.8) is 0 Å². The summed E-state index contributed by atoms with van der Waals surface area (Å²) >= 11 is 1.27. The number of non-ortho nitro benzene ring substituents is 1. The molecule has 4 aromatic rings. The first-order chi connectivity index (χ1) is 15.5. The van der Waals surface area contributed by atoms with Gasteiger partial charge in [0.25, 0.3) is 5.69 Å². The first-order valence-corrected chi connectivity index (χ1v) is 10.7. The Hall–Kier alpha value is -3.98. The van der Waals surface area contributed by atoms with Crippen LogP contribution in [0.1, 0.15) is 5.56 Å². The van der Waals surface area contributed by atoms with Gasteiger partial charge in [-0.05, 0) is 31.2 Å². The third-order valence-corrected chi connectivity index (χ3v) is 5.58. The molecule has 0 bridgehead atoms. The Labute approximate surface area is 188 Å². The van der Waals surface area contributed by atoms with Crippen LogP contribution in [0.25, 0.3) is 17.1 Å². The van der Waals surface area contributed by atoms with Gasteiger partial charge in [0.2, 0.25) is 5.91 Å². The summed E-state index contributed by atoms with van der Waals surface area (Å²) in [5.41, 5.74) is 3.42. The fourth-order valence-electron chi connectivity index (χ4n) is 3.06. The van der Waals surface area contributed by atoms with E-state index in [0.717, 1.165) is 16.8 Å². The van der Waals surface area contributed by atoms with Crippen LogP contribution >= 0.6 is 11.8 Å². The lowest BCUT2D eigenvalue weighted by atomic mass is 10.2. The molecule has 0 atom stereocenters. The zero-order valence-electron chi connectivity index (χ0n) is 17.1. The molecule has 1 N–H and O–H groups in total. The molecule has 160 valence electrons. The highest BCUT2D eigenvalue weighted by Gasteiger charge is 2.17. The number of anilines is 1. The van der Waals surface area contributed by atoms with Crippen LogP contribution < -0.4 is 5.32 Å². The molecule has 0 aliphatic carbocycles. The number of aromatic nitrogens is 3. The summed E-state index contributed by atoms with van der Waals surface area (Å²) in [7, 11) is 0. The minimum absolute atomic E-state index is 0.0305. The van der Waals surface area contributed by atoms with Crippen LogP contribution in [0.4, 0.5) is 11.4 Å². The van der Waals surface area contributed by atoms with Crippen molar-refractivity contribution in [2.24, 2.45) is 0 Å². The molecule has 1 heterocycles. The fourth-order valence-corrected chi connectivity index (χ4v) is 3.81. The van der Waals surface area contributed by atoms with Crippen LogP contribution in [0.2, 0.25) is 0 Å². The number of nitro benzene ring substituents is 1. The first-order valence-electron chi connectivity index (χ1n) is 9.76. The lowest BCUT2D eigenvalue weighted by Crippen LogP contribution is -2.14. The van der Waals surface area contributed by atoms with Gasteiger partial charge in [-0.15, -0.1) is 10.2 Å². The summed E-state index contributed by atoms with van der Waals surface area (Å²) in [6.45, 7) is 2.02.